The van der Waals surface area contributed by atoms with Crippen LogP contribution in [0.2, 0.25) is 0 Å². The Hall–Kier alpha value is -1.69. The maximum absolute atomic E-state index is 13.6. The van der Waals surface area contributed by atoms with Gasteiger partial charge in [-0.3, -0.25) is 0 Å². The van der Waals surface area contributed by atoms with E-state index < -0.39 is 23.7 Å². The molecule has 0 saturated heterocycles. The minimum atomic E-state index is -3.19. The average molecular weight is 299 g/mol. The number of halogens is 2. The second kappa shape index (κ2) is 5.97. The van der Waals surface area contributed by atoms with E-state index in [9.17, 15) is 18.7 Å². The molecule has 1 fully saturated rings. The van der Waals surface area contributed by atoms with E-state index in [2.05, 4.69) is 5.32 Å². The molecule has 0 aromatic heterocycles. The van der Waals surface area contributed by atoms with Gasteiger partial charge in [-0.2, -0.15) is 0 Å². The maximum Gasteiger partial charge on any atom is 0.407 e. The van der Waals surface area contributed by atoms with Crippen LogP contribution < -0.4 is 5.32 Å². The van der Waals surface area contributed by atoms with Crippen LogP contribution in [-0.2, 0) is 11.3 Å². The Balaban J connectivity index is 1.92. The molecule has 1 amide bonds. The zero-order valence-corrected chi connectivity index (χ0v) is 11.8. The first kappa shape index (κ1) is 15.7. The quantitative estimate of drug-likeness (QED) is 0.902. The first-order valence-electron chi connectivity index (χ1n) is 6.88. The predicted molar refractivity (Wildman–Crippen MR) is 73.0 cm³/mol. The van der Waals surface area contributed by atoms with Gasteiger partial charge in [0.05, 0.1) is 5.54 Å². The summed E-state index contributed by atoms with van der Waals surface area (Å²) < 4.78 is 32.1. The van der Waals surface area contributed by atoms with Gasteiger partial charge < -0.3 is 15.2 Å². The fraction of sp³-hybridized carbons (Fsp3) is 0.533. The second-order valence-corrected chi connectivity index (χ2v) is 5.62. The molecular weight excluding hydrogens is 280 g/mol. The SMILES string of the molecule is C[C@@]1(NC(=O)OCc2ccccc2)CCCC(F)(F)[C@H]1O. The number of carbonyl (C=O) groups excluding carboxylic acids is 1. The van der Waals surface area contributed by atoms with Crippen molar-refractivity contribution in [3.63, 3.8) is 0 Å². The lowest BCUT2D eigenvalue weighted by Gasteiger charge is -2.42. The van der Waals surface area contributed by atoms with Crippen LogP contribution in [0, 0.1) is 0 Å². The third-order valence-electron chi connectivity index (χ3n) is 3.81. The molecule has 0 heterocycles. The van der Waals surface area contributed by atoms with Crippen LogP contribution in [0.3, 0.4) is 0 Å². The molecule has 1 aromatic rings. The highest BCUT2D eigenvalue weighted by Crippen LogP contribution is 2.39. The van der Waals surface area contributed by atoms with Crippen molar-refractivity contribution in [3.8, 4) is 0 Å². The highest BCUT2D eigenvalue weighted by atomic mass is 19.3. The molecule has 1 aliphatic carbocycles. The number of aliphatic hydroxyl groups is 1. The minimum absolute atomic E-state index is 0.0508. The second-order valence-electron chi connectivity index (χ2n) is 5.62. The highest BCUT2D eigenvalue weighted by Gasteiger charge is 2.53. The van der Waals surface area contributed by atoms with Crippen LogP contribution in [0.4, 0.5) is 13.6 Å². The molecule has 4 nitrogen and oxygen atoms in total. The van der Waals surface area contributed by atoms with Crippen molar-refractivity contribution < 1.29 is 23.4 Å². The van der Waals surface area contributed by atoms with Crippen LogP contribution >= 0.6 is 0 Å². The molecule has 6 heteroatoms. The number of hydrogen-bond acceptors (Lipinski definition) is 3. The summed E-state index contributed by atoms with van der Waals surface area (Å²) in [6, 6.07) is 9.04. The number of hydrogen-bond donors (Lipinski definition) is 2. The van der Waals surface area contributed by atoms with E-state index in [0.29, 0.717) is 0 Å². The molecule has 116 valence electrons. The fourth-order valence-electron chi connectivity index (χ4n) is 2.55. The van der Waals surface area contributed by atoms with Gasteiger partial charge in [-0.15, -0.1) is 0 Å². The van der Waals surface area contributed by atoms with Crippen molar-refractivity contribution in [2.24, 2.45) is 0 Å². The highest BCUT2D eigenvalue weighted by molar-refractivity contribution is 5.68. The molecule has 2 atom stereocenters. The van der Waals surface area contributed by atoms with Crippen molar-refractivity contribution >= 4 is 6.09 Å². The van der Waals surface area contributed by atoms with Crippen LogP contribution in [0.5, 0.6) is 0 Å². The van der Waals surface area contributed by atoms with Gasteiger partial charge in [-0.1, -0.05) is 30.3 Å². The molecule has 2 rings (SSSR count). The smallest absolute Gasteiger partial charge is 0.407 e. The van der Waals surface area contributed by atoms with E-state index in [1.807, 2.05) is 18.2 Å². The van der Waals surface area contributed by atoms with E-state index in [0.717, 1.165) is 5.56 Å². The van der Waals surface area contributed by atoms with Gasteiger partial charge in [0.1, 0.15) is 12.7 Å². The number of rotatable bonds is 3. The summed E-state index contributed by atoms with van der Waals surface area (Å²) in [4.78, 5) is 11.8. The van der Waals surface area contributed by atoms with E-state index in [-0.39, 0.29) is 25.9 Å². The molecule has 1 saturated carbocycles. The Morgan fingerprint density at radius 3 is 2.71 bits per heavy atom. The Kier molecular flexibility index (Phi) is 4.46. The summed E-state index contributed by atoms with van der Waals surface area (Å²) in [7, 11) is 0. The number of alkyl carbamates (subject to hydrolysis) is 1. The van der Waals surface area contributed by atoms with E-state index in [1.54, 1.807) is 12.1 Å². The Labute approximate surface area is 122 Å². The molecule has 2 N–H and O–H groups in total. The number of nitrogens with one attached hydrogen (secondary N) is 1. The van der Waals surface area contributed by atoms with Crippen LogP contribution in [-0.4, -0.2) is 28.8 Å². The van der Waals surface area contributed by atoms with Crippen molar-refractivity contribution in [2.75, 3.05) is 0 Å². The Morgan fingerprint density at radius 1 is 1.38 bits per heavy atom. The number of carbonyl (C=O) groups is 1. The van der Waals surface area contributed by atoms with E-state index in [1.165, 1.54) is 6.92 Å². The van der Waals surface area contributed by atoms with Gasteiger partial charge in [-0.25, -0.2) is 13.6 Å². The summed E-state index contributed by atoms with van der Waals surface area (Å²) in [6.45, 7) is 1.46. The van der Waals surface area contributed by atoms with Crippen LogP contribution in [0.15, 0.2) is 30.3 Å². The number of ether oxygens (including phenoxy) is 1. The standard InChI is InChI=1S/C15H19F2NO3/c1-14(8-5-9-15(16,17)12(14)19)18-13(20)21-10-11-6-3-2-4-7-11/h2-4,6-7,12,19H,5,8-10H2,1H3,(H,18,20)/t12-,14+/m0/s1. The van der Waals surface area contributed by atoms with Gasteiger partial charge in [0.15, 0.2) is 0 Å². The van der Waals surface area contributed by atoms with Crippen LogP contribution in [0.25, 0.3) is 0 Å². The van der Waals surface area contributed by atoms with Gasteiger partial charge in [0.25, 0.3) is 5.92 Å². The summed E-state index contributed by atoms with van der Waals surface area (Å²) in [5.41, 5.74) is -0.581. The lowest BCUT2D eigenvalue weighted by Crippen LogP contribution is -2.62. The van der Waals surface area contributed by atoms with Gasteiger partial charge in [0, 0.05) is 6.42 Å². The molecule has 0 radical (unpaired) electrons. The number of alkyl halides is 2. The lowest BCUT2D eigenvalue weighted by atomic mass is 9.78. The number of amides is 1. The molecule has 0 spiro atoms. The molecule has 0 bridgehead atoms. The van der Waals surface area contributed by atoms with Crippen molar-refractivity contribution in [3.05, 3.63) is 35.9 Å². The van der Waals surface area contributed by atoms with E-state index in [4.69, 9.17) is 4.74 Å². The summed E-state index contributed by atoms with van der Waals surface area (Å²) in [6.07, 6.45) is -2.57. The third-order valence-corrected chi connectivity index (χ3v) is 3.81. The van der Waals surface area contributed by atoms with Gasteiger partial charge in [0.2, 0.25) is 0 Å². The maximum atomic E-state index is 13.6. The predicted octanol–water partition coefficient (Wildman–Crippen LogP) is 2.85. The zero-order chi connectivity index (χ0) is 15.5. The molecular formula is C15H19F2NO3. The Morgan fingerprint density at radius 2 is 2.05 bits per heavy atom. The Bertz CT molecular complexity index is 495. The van der Waals surface area contributed by atoms with Crippen molar-refractivity contribution in [2.45, 2.75) is 50.4 Å². The fourth-order valence-corrected chi connectivity index (χ4v) is 2.55. The van der Waals surface area contributed by atoms with Crippen LogP contribution in [0.1, 0.15) is 31.7 Å². The van der Waals surface area contributed by atoms with Crippen molar-refractivity contribution in [1.29, 1.82) is 0 Å². The van der Waals surface area contributed by atoms with E-state index >= 15 is 0 Å². The third kappa shape index (κ3) is 3.69. The normalized spacial score (nSPS) is 27.9. The molecule has 21 heavy (non-hydrogen) atoms. The van der Waals surface area contributed by atoms with Crippen molar-refractivity contribution in [1.82, 2.24) is 5.32 Å². The van der Waals surface area contributed by atoms with Gasteiger partial charge >= 0.3 is 6.09 Å². The molecule has 0 aliphatic heterocycles. The average Bonchev–Trinajstić information content (AvgIpc) is 2.44. The monoisotopic (exact) mass is 299 g/mol. The van der Waals surface area contributed by atoms with Gasteiger partial charge in [-0.05, 0) is 25.3 Å². The largest absolute Gasteiger partial charge is 0.445 e. The zero-order valence-electron chi connectivity index (χ0n) is 11.8. The number of aliphatic hydroxyl groups excluding tert-OH is 1. The summed E-state index contributed by atoms with van der Waals surface area (Å²) >= 11 is 0. The molecule has 1 aromatic carbocycles. The number of benzene rings is 1. The summed E-state index contributed by atoms with van der Waals surface area (Å²) in [5.74, 6) is -3.19. The molecule has 0 unspecified atom stereocenters. The molecule has 1 aliphatic rings. The first-order valence-corrected chi connectivity index (χ1v) is 6.88. The summed E-state index contributed by atoms with van der Waals surface area (Å²) in [5, 5.41) is 12.1. The first-order chi connectivity index (χ1) is 9.83. The topological polar surface area (TPSA) is 58.6 Å². The minimum Gasteiger partial charge on any atom is -0.445 e. The lowest BCUT2D eigenvalue weighted by molar-refractivity contribution is -0.164.